The zero-order chi connectivity index (χ0) is 55.0. The Morgan fingerprint density at radius 1 is 0.276 bits per heavy atom. The van der Waals surface area contributed by atoms with Crippen molar-refractivity contribution < 1.29 is 28.6 Å². The third-order valence-electron chi connectivity index (χ3n) is 13.8. The van der Waals surface area contributed by atoms with Gasteiger partial charge >= 0.3 is 17.9 Å². The molecule has 6 nitrogen and oxygen atoms in total. The van der Waals surface area contributed by atoms with E-state index in [0.29, 0.717) is 19.3 Å². The highest BCUT2D eigenvalue weighted by Gasteiger charge is 2.19. The number of hydrogen-bond acceptors (Lipinski definition) is 6. The molecule has 0 aliphatic heterocycles. The normalized spacial score (nSPS) is 12.7. The van der Waals surface area contributed by atoms with Crippen molar-refractivity contribution in [2.75, 3.05) is 13.2 Å². The second-order valence-corrected chi connectivity index (χ2v) is 21.3. The van der Waals surface area contributed by atoms with E-state index in [2.05, 4.69) is 118 Å². The van der Waals surface area contributed by atoms with Crippen molar-refractivity contribution in [2.24, 2.45) is 0 Å². The Hall–Kier alpha value is -3.67. The molecule has 0 N–H and O–H groups in total. The highest BCUT2D eigenvalue weighted by molar-refractivity contribution is 5.71. The lowest BCUT2D eigenvalue weighted by atomic mass is 10.1. The fraction of sp³-hybridized carbons (Fsp3) is 0.729. The minimum atomic E-state index is -0.795. The molecule has 0 aromatic carbocycles. The molecule has 0 fully saturated rings. The Kier molecular flexibility index (Phi) is 60.8. The maximum absolute atomic E-state index is 12.9. The van der Waals surface area contributed by atoms with E-state index in [4.69, 9.17) is 14.2 Å². The fourth-order valence-electron chi connectivity index (χ4n) is 8.97. The minimum Gasteiger partial charge on any atom is -0.462 e. The van der Waals surface area contributed by atoms with Crippen LogP contribution in [0, 0.1) is 0 Å². The van der Waals surface area contributed by atoms with Crippen LogP contribution in [0.15, 0.2) is 97.2 Å². The summed E-state index contributed by atoms with van der Waals surface area (Å²) in [5, 5.41) is 0. The van der Waals surface area contributed by atoms with Gasteiger partial charge < -0.3 is 14.2 Å². The Morgan fingerprint density at radius 2 is 0.513 bits per heavy atom. The first-order valence-corrected chi connectivity index (χ1v) is 32.2. The molecule has 0 saturated carbocycles. The Bertz CT molecular complexity index is 1490. The molecular weight excluding hydrogens is 937 g/mol. The van der Waals surface area contributed by atoms with Crippen LogP contribution < -0.4 is 0 Å². The van der Waals surface area contributed by atoms with Crippen LogP contribution in [-0.2, 0) is 28.6 Å². The second kappa shape index (κ2) is 63.9. The number of esters is 3. The van der Waals surface area contributed by atoms with Crippen molar-refractivity contribution >= 4 is 17.9 Å². The molecule has 76 heavy (non-hydrogen) atoms. The Balaban J connectivity index is 4.44. The van der Waals surface area contributed by atoms with E-state index in [0.717, 1.165) is 116 Å². The van der Waals surface area contributed by atoms with Crippen LogP contribution in [-0.4, -0.2) is 37.2 Å². The molecule has 0 heterocycles. The maximum Gasteiger partial charge on any atom is 0.306 e. The smallest absolute Gasteiger partial charge is 0.306 e. The first-order chi connectivity index (χ1) is 37.5. The molecule has 6 heteroatoms. The number of unbranched alkanes of at least 4 members (excludes halogenated alkanes) is 31. The van der Waals surface area contributed by atoms with Gasteiger partial charge in [-0.3, -0.25) is 14.4 Å². The Morgan fingerprint density at radius 3 is 0.816 bits per heavy atom. The molecule has 0 aromatic heterocycles. The average Bonchev–Trinajstić information content (AvgIpc) is 3.42. The monoisotopic (exact) mass is 1060 g/mol. The SMILES string of the molecule is CC/C=C\C/C=C\C/C=C\C/C=C\C/C=C\C/C=C\CCCCCCC(=O)OCC(COC(=O)CCCCCCC/C=C\CCCCCCCCC)OC(=O)CCCCCCCCCCC/C=C\CCCCCCCC. The topological polar surface area (TPSA) is 78.9 Å². The van der Waals surface area contributed by atoms with Crippen LogP contribution in [0.2, 0.25) is 0 Å². The van der Waals surface area contributed by atoms with Crippen LogP contribution in [0.5, 0.6) is 0 Å². The molecule has 0 rings (SSSR count). The van der Waals surface area contributed by atoms with E-state index >= 15 is 0 Å². The van der Waals surface area contributed by atoms with Gasteiger partial charge in [0.25, 0.3) is 0 Å². The number of hydrogen-bond donors (Lipinski definition) is 0. The average molecular weight is 1060 g/mol. The van der Waals surface area contributed by atoms with Gasteiger partial charge in [0, 0.05) is 19.3 Å². The van der Waals surface area contributed by atoms with Gasteiger partial charge in [-0.1, -0.05) is 266 Å². The van der Waals surface area contributed by atoms with Gasteiger partial charge in [0.05, 0.1) is 0 Å². The van der Waals surface area contributed by atoms with Crippen molar-refractivity contribution in [3.8, 4) is 0 Å². The minimum absolute atomic E-state index is 0.0902. The summed E-state index contributed by atoms with van der Waals surface area (Å²) in [6, 6.07) is 0. The van der Waals surface area contributed by atoms with Crippen LogP contribution in [0.4, 0.5) is 0 Å². The Labute approximate surface area is 470 Å². The standard InChI is InChI=1S/C70H120O6/c1-4-7-10-13-16-19-22-25-28-31-33-34-35-36-38-39-42-45-48-51-54-57-60-63-69(72)75-66-67(65-74-68(71)62-59-56-53-50-47-44-41-30-27-24-21-18-15-12-9-6-3)76-70(73)64-61-58-55-52-49-46-43-40-37-32-29-26-23-20-17-14-11-8-5-2/h7,10,16,19,25-26,28-30,33-34,36,38,41-42,45,67H,4-6,8-9,11-15,17-18,20-24,27,31-32,35,37,39-40,43-44,46-66H2,1-3H3/b10-7-,19-16-,28-25-,29-26-,34-33-,38-36-,41-30-,45-42-. The van der Waals surface area contributed by atoms with Crippen molar-refractivity contribution in [1.82, 2.24) is 0 Å². The fourth-order valence-corrected chi connectivity index (χ4v) is 8.97. The zero-order valence-corrected chi connectivity index (χ0v) is 50.0. The van der Waals surface area contributed by atoms with Crippen molar-refractivity contribution in [1.29, 1.82) is 0 Å². The quantitative estimate of drug-likeness (QED) is 0.0261. The predicted octanol–water partition coefficient (Wildman–Crippen LogP) is 22.0. The van der Waals surface area contributed by atoms with E-state index in [1.165, 1.54) is 154 Å². The van der Waals surface area contributed by atoms with Gasteiger partial charge in [-0.05, 0) is 122 Å². The van der Waals surface area contributed by atoms with Gasteiger partial charge in [0.2, 0.25) is 0 Å². The maximum atomic E-state index is 12.9. The summed E-state index contributed by atoms with van der Waals surface area (Å²) < 4.78 is 16.9. The molecule has 0 aliphatic carbocycles. The first kappa shape index (κ1) is 72.3. The highest BCUT2D eigenvalue weighted by atomic mass is 16.6. The van der Waals surface area contributed by atoms with E-state index in [9.17, 15) is 14.4 Å². The predicted molar refractivity (Wildman–Crippen MR) is 330 cm³/mol. The van der Waals surface area contributed by atoms with E-state index in [1.807, 2.05) is 0 Å². The van der Waals surface area contributed by atoms with Crippen LogP contribution in [0.1, 0.15) is 310 Å². The molecule has 0 amide bonds. The molecule has 0 saturated heterocycles. The summed E-state index contributed by atoms with van der Waals surface area (Å²) >= 11 is 0. The van der Waals surface area contributed by atoms with E-state index < -0.39 is 6.10 Å². The van der Waals surface area contributed by atoms with Gasteiger partial charge in [-0.25, -0.2) is 0 Å². The molecule has 0 aromatic rings. The summed E-state index contributed by atoms with van der Waals surface area (Å²) in [7, 11) is 0. The summed E-state index contributed by atoms with van der Waals surface area (Å²) in [4.78, 5) is 38.3. The number of carbonyl (C=O) groups excluding carboxylic acids is 3. The molecule has 1 unspecified atom stereocenters. The summed E-state index contributed by atoms with van der Waals surface area (Å²) in [6.07, 6.45) is 85.5. The summed E-state index contributed by atoms with van der Waals surface area (Å²) in [5.41, 5.74) is 0. The molecular formula is C70H120O6. The lowest BCUT2D eigenvalue weighted by Gasteiger charge is -2.18. The largest absolute Gasteiger partial charge is 0.462 e. The van der Waals surface area contributed by atoms with Crippen molar-refractivity contribution in [3.05, 3.63) is 97.2 Å². The van der Waals surface area contributed by atoms with Gasteiger partial charge in [-0.15, -0.1) is 0 Å². The van der Waals surface area contributed by atoms with Crippen LogP contribution in [0.25, 0.3) is 0 Å². The van der Waals surface area contributed by atoms with E-state index in [-0.39, 0.29) is 31.1 Å². The van der Waals surface area contributed by atoms with Crippen molar-refractivity contribution in [3.63, 3.8) is 0 Å². The summed E-state index contributed by atoms with van der Waals surface area (Å²) in [5.74, 6) is -0.915. The summed E-state index contributed by atoms with van der Waals surface area (Å²) in [6.45, 7) is 6.52. The molecule has 0 spiro atoms. The molecule has 0 aliphatic rings. The third kappa shape index (κ3) is 61.2. The van der Waals surface area contributed by atoms with Crippen molar-refractivity contribution in [2.45, 2.75) is 316 Å². The molecule has 436 valence electrons. The van der Waals surface area contributed by atoms with Crippen LogP contribution >= 0.6 is 0 Å². The number of rotatable bonds is 58. The highest BCUT2D eigenvalue weighted by Crippen LogP contribution is 2.16. The molecule has 0 radical (unpaired) electrons. The lowest BCUT2D eigenvalue weighted by Crippen LogP contribution is -2.30. The molecule has 0 bridgehead atoms. The molecule has 1 atom stereocenters. The van der Waals surface area contributed by atoms with Gasteiger partial charge in [0.15, 0.2) is 6.10 Å². The zero-order valence-electron chi connectivity index (χ0n) is 50.0. The number of carbonyl (C=O) groups is 3. The number of ether oxygens (including phenoxy) is 3. The third-order valence-corrected chi connectivity index (χ3v) is 13.8. The first-order valence-electron chi connectivity index (χ1n) is 32.2. The van der Waals surface area contributed by atoms with Gasteiger partial charge in [-0.2, -0.15) is 0 Å². The van der Waals surface area contributed by atoms with Gasteiger partial charge in [0.1, 0.15) is 13.2 Å². The second-order valence-electron chi connectivity index (χ2n) is 21.3. The van der Waals surface area contributed by atoms with E-state index in [1.54, 1.807) is 0 Å². The van der Waals surface area contributed by atoms with Crippen LogP contribution in [0.3, 0.4) is 0 Å². The number of allylic oxidation sites excluding steroid dienone is 16. The lowest BCUT2D eigenvalue weighted by molar-refractivity contribution is -0.167.